The van der Waals surface area contributed by atoms with E-state index in [1.165, 1.54) is 0 Å². The number of halogens is 1. The lowest BCUT2D eigenvalue weighted by Crippen LogP contribution is -2.48. The molecule has 2 unspecified atom stereocenters. The molecular weight excluding hydrogens is 467 g/mol. The van der Waals surface area contributed by atoms with Gasteiger partial charge >= 0.3 is 0 Å². The van der Waals surface area contributed by atoms with Crippen LogP contribution in [0.15, 0.2) is 42.0 Å². The van der Waals surface area contributed by atoms with Crippen LogP contribution in [-0.4, -0.2) is 52.1 Å². The largest absolute Gasteiger partial charge is 0.478 e. The number of imidazole rings is 1. The van der Waals surface area contributed by atoms with Gasteiger partial charge in [-0.05, 0) is 24.3 Å². The zero-order valence-electron chi connectivity index (χ0n) is 16.9. The smallest absolute Gasteiger partial charge is 0.213 e. The van der Waals surface area contributed by atoms with E-state index in [4.69, 9.17) is 4.74 Å². The average Bonchev–Trinajstić information content (AvgIpc) is 3.23. The van der Waals surface area contributed by atoms with Crippen LogP contribution >= 0.6 is 24.0 Å². The molecule has 1 N–H and O–H groups in total. The van der Waals surface area contributed by atoms with Gasteiger partial charge in [0.15, 0.2) is 5.96 Å². The molecule has 1 aliphatic heterocycles. The lowest BCUT2D eigenvalue weighted by Gasteiger charge is -2.39. The van der Waals surface area contributed by atoms with Crippen molar-refractivity contribution in [2.75, 3.05) is 26.7 Å². The zero-order valence-corrected chi connectivity index (χ0v) is 19.2. The number of likely N-dealkylation sites (tertiary alicyclic amines) is 1. The highest BCUT2D eigenvalue weighted by atomic mass is 127. The number of aromatic nitrogens is 3. The minimum Gasteiger partial charge on any atom is -0.478 e. The van der Waals surface area contributed by atoms with Gasteiger partial charge in [0.1, 0.15) is 0 Å². The molecule has 8 heteroatoms. The van der Waals surface area contributed by atoms with Crippen molar-refractivity contribution >= 4 is 29.9 Å². The van der Waals surface area contributed by atoms with E-state index in [9.17, 15) is 0 Å². The van der Waals surface area contributed by atoms with Crippen LogP contribution in [0.1, 0.15) is 38.3 Å². The Morgan fingerprint density at radius 1 is 1.39 bits per heavy atom. The molecule has 0 saturated carbocycles. The third kappa shape index (κ3) is 5.83. The van der Waals surface area contributed by atoms with Crippen LogP contribution in [0.5, 0.6) is 5.88 Å². The highest BCUT2D eigenvalue weighted by molar-refractivity contribution is 14.0. The molecule has 3 heterocycles. The molecule has 2 aromatic rings. The van der Waals surface area contributed by atoms with Crippen molar-refractivity contribution in [3.05, 3.63) is 42.6 Å². The van der Waals surface area contributed by atoms with Gasteiger partial charge in [0.2, 0.25) is 5.88 Å². The van der Waals surface area contributed by atoms with E-state index in [0.717, 1.165) is 37.5 Å². The number of guanidine groups is 1. The first-order valence-corrected chi connectivity index (χ1v) is 9.72. The first-order chi connectivity index (χ1) is 13.2. The minimum atomic E-state index is 0. The Morgan fingerprint density at radius 2 is 2.25 bits per heavy atom. The van der Waals surface area contributed by atoms with E-state index in [-0.39, 0.29) is 24.0 Å². The summed E-state index contributed by atoms with van der Waals surface area (Å²) in [5, 5.41) is 3.47. The fraction of sp³-hybridized carbons (Fsp3) is 0.550. The van der Waals surface area contributed by atoms with Crippen LogP contribution in [0, 0.1) is 5.92 Å². The molecule has 1 saturated heterocycles. The number of hydrogen-bond acceptors (Lipinski definition) is 4. The van der Waals surface area contributed by atoms with Crippen molar-refractivity contribution in [1.29, 1.82) is 0 Å². The Balaban J connectivity index is 0.00000280. The first-order valence-electron chi connectivity index (χ1n) is 9.72. The molecule has 0 radical (unpaired) electrons. The van der Waals surface area contributed by atoms with Gasteiger partial charge < -0.3 is 19.5 Å². The summed E-state index contributed by atoms with van der Waals surface area (Å²) in [6.45, 7) is 7.72. The maximum Gasteiger partial charge on any atom is 0.213 e. The summed E-state index contributed by atoms with van der Waals surface area (Å²) in [5.74, 6) is 2.23. The van der Waals surface area contributed by atoms with E-state index in [1.807, 2.05) is 37.9 Å². The van der Waals surface area contributed by atoms with Crippen LogP contribution in [0.4, 0.5) is 0 Å². The zero-order chi connectivity index (χ0) is 19.1. The quantitative estimate of drug-likeness (QED) is 0.376. The van der Waals surface area contributed by atoms with E-state index in [0.29, 0.717) is 31.0 Å². The Kier molecular flexibility index (Phi) is 9.01. The van der Waals surface area contributed by atoms with Crippen LogP contribution in [0.2, 0.25) is 0 Å². The van der Waals surface area contributed by atoms with Crippen LogP contribution < -0.4 is 10.1 Å². The highest BCUT2D eigenvalue weighted by Gasteiger charge is 2.28. The van der Waals surface area contributed by atoms with E-state index < -0.39 is 0 Å². The van der Waals surface area contributed by atoms with E-state index in [1.54, 1.807) is 0 Å². The SMILES string of the molecule is CCCOc1ccc(CNC(=NC)N2CCC(C)C(n3ccnc3)C2)cn1.I. The number of hydrogen-bond donors (Lipinski definition) is 1. The summed E-state index contributed by atoms with van der Waals surface area (Å²) < 4.78 is 7.75. The molecule has 154 valence electrons. The number of ether oxygens (including phenoxy) is 1. The summed E-state index contributed by atoms with van der Waals surface area (Å²) in [5.41, 5.74) is 1.11. The number of rotatable bonds is 6. The molecule has 3 rings (SSSR count). The third-order valence-electron chi connectivity index (χ3n) is 5.04. The van der Waals surface area contributed by atoms with Gasteiger partial charge in [-0.3, -0.25) is 4.99 Å². The van der Waals surface area contributed by atoms with E-state index >= 15 is 0 Å². The fourth-order valence-electron chi connectivity index (χ4n) is 3.42. The first kappa shape index (κ1) is 22.4. The van der Waals surface area contributed by atoms with Gasteiger partial charge in [-0.15, -0.1) is 24.0 Å². The second kappa shape index (κ2) is 11.2. The maximum atomic E-state index is 5.54. The topological polar surface area (TPSA) is 67.6 Å². The van der Waals surface area contributed by atoms with Crippen molar-refractivity contribution in [1.82, 2.24) is 24.8 Å². The summed E-state index contributed by atoms with van der Waals surface area (Å²) >= 11 is 0. The molecule has 0 aromatic carbocycles. The second-order valence-corrected chi connectivity index (χ2v) is 7.04. The molecule has 0 bridgehead atoms. The molecule has 2 atom stereocenters. The van der Waals surface area contributed by atoms with Crippen molar-refractivity contribution in [2.24, 2.45) is 10.9 Å². The van der Waals surface area contributed by atoms with Crippen molar-refractivity contribution < 1.29 is 4.74 Å². The molecule has 1 fully saturated rings. The Morgan fingerprint density at radius 3 is 2.89 bits per heavy atom. The van der Waals surface area contributed by atoms with Crippen molar-refractivity contribution in [3.8, 4) is 5.88 Å². The van der Waals surface area contributed by atoms with Crippen LogP contribution in [0.3, 0.4) is 0 Å². The third-order valence-corrected chi connectivity index (χ3v) is 5.04. The van der Waals surface area contributed by atoms with Crippen molar-refractivity contribution in [3.63, 3.8) is 0 Å². The Bertz CT molecular complexity index is 719. The summed E-state index contributed by atoms with van der Waals surface area (Å²) in [7, 11) is 1.84. The lowest BCUT2D eigenvalue weighted by atomic mass is 9.93. The Hall–Kier alpha value is -1.84. The molecular formula is C20H31IN6O. The van der Waals surface area contributed by atoms with Crippen molar-refractivity contribution in [2.45, 2.75) is 39.3 Å². The molecule has 0 aliphatic carbocycles. The molecule has 1 aliphatic rings. The summed E-state index contributed by atoms with van der Waals surface area (Å²) in [6, 6.07) is 4.38. The maximum absolute atomic E-state index is 5.54. The number of aliphatic imine (C=N–C) groups is 1. The number of piperidine rings is 1. The lowest BCUT2D eigenvalue weighted by molar-refractivity contribution is 0.189. The van der Waals surface area contributed by atoms with Gasteiger partial charge in [0.25, 0.3) is 0 Å². The molecule has 0 spiro atoms. The molecule has 0 amide bonds. The van der Waals surface area contributed by atoms with Gasteiger partial charge in [-0.25, -0.2) is 9.97 Å². The number of nitrogens with zero attached hydrogens (tertiary/aromatic N) is 5. The molecule has 7 nitrogen and oxygen atoms in total. The van der Waals surface area contributed by atoms with Gasteiger partial charge in [-0.1, -0.05) is 19.9 Å². The average molecular weight is 498 g/mol. The van der Waals surface area contributed by atoms with E-state index in [2.05, 4.69) is 49.8 Å². The van der Waals surface area contributed by atoms with Crippen LogP contribution in [-0.2, 0) is 6.54 Å². The number of pyridine rings is 1. The summed E-state index contributed by atoms with van der Waals surface area (Å²) in [4.78, 5) is 15.4. The number of nitrogens with one attached hydrogen (secondary N) is 1. The van der Waals surface area contributed by atoms with Gasteiger partial charge in [-0.2, -0.15) is 0 Å². The second-order valence-electron chi connectivity index (χ2n) is 7.04. The fourth-order valence-corrected chi connectivity index (χ4v) is 3.42. The minimum absolute atomic E-state index is 0. The van der Waals surface area contributed by atoms with Crippen LogP contribution in [0.25, 0.3) is 0 Å². The van der Waals surface area contributed by atoms with Gasteiger partial charge in [0.05, 0.1) is 19.0 Å². The Labute approximate surface area is 184 Å². The predicted octanol–water partition coefficient (Wildman–Crippen LogP) is 3.34. The monoisotopic (exact) mass is 498 g/mol. The summed E-state index contributed by atoms with van der Waals surface area (Å²) in [6.07, 6.45) is 9.78. The highest BCUT2D eigenvalue weighted by Crippen LogP contribution is 2.27. The van der Waals surface area contributed by atoms with Gasteiger partial charge in [0, 0.05) is 51.3 Å². The molecule has 2 aromatic heterocycles. The standard InChI is InChI=1S/C20H30N6O.HI/c1-4-11-27-19-6-5-17(12-23-19)13-24-20(21-3)25-9-7-16(2)18(14-25)26-10-8-22-15-26;/h5-6,8,10,12,15-16,18H,4,7,9,11,13-14H2,1-3H3,(H,21,24);1H. The molecule has 28 heavy (non-hydrogen) atoms. The predicted molar refractivity (Wildman–Crippen MR) is 122 cm³/mol. The normalized spacial score (nSPS) is 19.8.